The Kier molecular flexibility index (Phi) is 6.76. The van der Waals surface area contributed by atoms with Crippen LogP contribution < -0.4 is 14.8 Å². The van der Waals surface area contributed by atoms with E-state index in [9.17, 15) is 13.2 Å². The van der Waals surface area contributed by atoms with Crippen LogP contribution in [-0.2, 0) is 14.8 Å². The molecule has 0 unspecified atom stereocenters. The lowest BCUT2D eigenvalue weighted by atomic mass is 10.2. The Morgan fingerprint density at radius 1 is 0.933 bits per heavy atom. The van der Waals surface area contributed by atoms with Crippen molar-refractivity contribution in [2.45, 2.75) is 4.90 Å². The number of nitrogens with one attached hydrogen (secondary N) is 2. The first-order valence-corrected chi connectivity index (χ1v) is 10.7. The number of benzene rings is 3. The highest BCUT2D eigenvalue weighted by Gasteiger charge is 2.15. The maximum Gasteiger partial charge on any atom is 0.261 e. The lowest BCUT2D eigenvalue weighted by molar-refractivity contribution is -0.111. The number of rotatable bonds is 7. The van der Waals surface area contributed by atoms with Crippen LogP contribution in [0.3, 0.4) is 0 Å². The molecule has 2 N–H and O–H groups in total. The number of halogens is 1. The summed E-state index contributed by atoms with van der Waals surface area (Å²) in [5.41, 5.74) is 1.53. The molecule has 30 heavy (non-hydrogen) atoms. The van der Waals surface area contributed by atoms with Gasteiger partial charge < -0.3 is 10.1 Å². The average molecular weight is 443 g/mol. The van der Waals surface area contributed by atoms with Crippen LogP contribution in [0, 0.1) is 0 Å². The fourth-order valence-corrected chi connectivity index (χ4v) is 3.92. The van der Waals surface area contributed by atoms with Crippen molar-refractivity contribution >= 4 is 45.0 Å². The molecule has 0 heterocycles. The number of hydrogen-bond donors (Lipinski definition) is 2. The van der Waals surface area contributed by atoms with E-state index >= 15 is 0 Å². The predicted octanol–water partition coefficient (Wildman–Crippen LogP) is 4.80. The Balaban J connectivity index is 1.68. The molecule has 0 aliphatic rings. The number of hydrogen-bond acceptors (Lipinski definition) is 4. The second kappa shape index (κ2) is 9.47. The van der Waals surface area contributed by atoms with E-state index in [1.807, 2.05) is 0 Å². The van der Waals surface area contributed by atoms with Crippen LogP contribution >= 0.6 is 11.6 Å². The Morgan fingerprint density at radius 2 is 1.57 bits per heavy atom. The lowest BCUT2D eigenvalue weighted by Gasteiger charge is -2.09. The van der Waals surface area contributed by atoms with E-state index < -0.39 is 10.0 Å². The zero-order chi connectivity index (χ0) is 21.6. The molecule has 0 aliphatic heterocycles. The van der Waals surface area contributed by atoms with Crippen LogP contribution in [-0.4, -0.2) is 21.4 Å². The maximum absolute atomic E-state index is 12.5. The fourth-order valence-electron chi connectivity index (χ4n) is 2.60. The van der Waals surface area contributed by atoms with Crippen molar-refractivity contribution in [3.63, 3.8) is 0 Å². The number of para-hydroxylation sites is 3. The summed E-state index contributed by atoms with van der Waals surface area (Å²) in [7, 11) is -2.26. The minimum atomic E-state index is -3.78. The SMILES string of the molecule is COc1ccccc1NC(=O)/C=C/c1ccc(S(=O)(=O)Nc2ccccc2Cl)cc1. The van der Waals surface area contributed by atoms with Crippen molar-refractivity contribution in [2.75, 3.05) is 17.1 Å². The van der Waals surface area contributed by atoms with Crippen molar-refractivity contribution in [1.82, 2.24) is 0 Å². The molecule has 8 heteroatoms. The summed E-state index contributed by atoms with van der Waals surface area (Å²) in [6.07, 6.45) is 2.95. The van der Waals surface area contributed by atoms with Gasteiger partial charge in [0.2, 0.25) is 5.91 Å². The summed E-state index contributed by atoms with van der Waals surface area (Å²) in [5, 5.41) is 3.04. The van der Waals surface area contributed by atoms with Gasteiger partial charge in [-0.2, -0.15) is 0 Å². The number of carbonyl (C=O) groups excluding carboxylic acids is 1. The highest BCUT2D eigenvalue weighted by atomic mass is 35.5. The molecular formula is C22H19ClN2O4S. The van der Waals surface area contributed by atoms with E-state index in [-0.39, 0.29) is 10.8 Å². The minimum absolute atomic E-state index is 0.0815. The van der Waals surface area contributed by atoms with Gasteiger partial charge in [-0.25, -0.2) is 8.42 Å². The molecule has 3 aromatic carbocycles. The van der Waals surface area contributed by atoms with Gasteiger partial charge in [0.1, 0.15) is 5.75 Å². The van der Waals surface area contributed by atoms with E-state index in [2.05, 4.69) is 10.0 Å². The van der Waals surface area contributed by atoms with E-state index in [1.54, 1.807) is 66.7 Å². The molecule has 3 rings (SSSR count). The number of carbonyl (C=O) groups is 1. The van der Waals surface area contributed by atoms with Crippen LogP contribution in [0.15, 0.2) is 83.8 Å². The zero-order valence-corrected chi connectivity index (χ0v) is 17.6. The summed E-state index contributed by atoms with van der Waals surface area (Å²) in [5.74, 6) is 0.219. The average Bonchev–Trinajstić information content (AvgIpc) is 2.74. The van der Waals surface area contributed by atoms with E-state index in [4.69, 9.17) is 16.3 Å². The van der Waals surface area contributed by atoms with Gasteiger partial charge in [0, 0.05) is 6.08 Å². The molecule has 0 atom stereocenters. The first-order valence-electron chi connectivity index (χ1n) is 8.88. The molecule has 0 aliphatic carbocycles. The quantitative estimate of drug-likeness (QED) is 0.514. The standard InChI is InChI=1S/C22H19ClN2O4S/c1-29-21-9-5-4-8-20(21)24-22(26)15-12-16-10-13-17(14-11-16)30(27,28)25-19-7-3-2-6-18(19)23/h2-15,25H,1H3,(H,24,26)/b15-12+. The summed E-state index contributed by atoms with van der Waals surface area (Å²) in [6.45, 7) is 0. The van der Waals surface area contributed by atoms with Crippen molar-refractivity contribution in [2.24, 2.45) is 0 Å². The number of anilines is 2. The molecule has 0 radical (unpaired) electrons. The third-order valence-corrected chi connectivity index (χ3v) is 5.81. The van der Waals surface area contributed by atoms with E-state index in [0.717, 1.165) is 0 Å². The molecule has 0 saturated carbocycles. The topological polar surface area (TPSA) is 84.5 Å². The van der Waals surface area contributed by atoms with Crippen LogP contribution in [0.2, 0.25) is 5.02 Å². The second-order valence-corrected chi connectivity index (χ2v) is 8.27. The number of ether oxygens (including phenoxy) is 1. The first kappa shape index (κ1) is 21.4. The van der Waals surface area contributed by atoms with Gasteiger partial charge in [0.15, 0.2) is 0 Å². The van der Waals surface area contributed by atoms with Gasteiger partial charge in [-0.05, 0) is 48.0 Å². The van der Waals surface area contributed by atoms with Crippen LogP contribution in [0.5, 0.6) is 5.75 Å². The Labute approximate surface area is 180 Å². The van der Waals surface area contributed by atoms with Crippen molar-refractivity contribution in [3.05, 3.63) is 89.5 Å². The van der Waals surface area contributed by atoms with Gasteiger partial charge in [0.05, 0.1) is 28.4 Å². The number of methoxy groups -OCH3 is 1. The predicted molar refractivity (Wildman–Crippen MR) is 119 cm³/mol. The zero-order valence-electron chi connectivity index (χ0n) is 16.0. The molecule has 3 aromatic rings. The van der Waals surface area contributed by atoms with Crippen molar-refractivity contribution in [1.29, 1.82) is 0 Å². The molecular weight excluding hydrogens is 424 g/mol. The summed E-state index contributed by atoms with van der Waals surface area (Å²) >= 11 is 6.01. The number of sulfonamides is 1. The Morgan fingerprint density at radius 3 is 2.23 bits per heavy atom. The summed E-state index contributed by atoms with van der Waals surface area (Å²) < 4.78 is 32.7. The summed E-state index contributed by atoms with van der Waals surface area (Å²) in [6, 6.07) is 19.8. The fraction of sp³-hybridized carbons (Fsp3) is 0.0455. The van der Waals surface area contributed by atoms with Crippen molar-refractivity contribution in [3.8, 4) is 5.75 Å². The molecule has 0 aromatic heterocycles. The molecule has 0 fully saturated rings. The van der Waals surface area contributed by atoms with Crippen molar-refractivity contribution < 1.29 is 17.9 Å². The molecule has 0 saturated heterocycles. The molecule has 154 valence electrons. The van der Waals surface area contributed by atoms with Crippen LogP contribution in [0.1, 0.15) is 5.56 Å². The lowest BCUT2D eigenvalue weighted by Crippen LogP contribution is -2.13. The van der Waals surface area contributed by atoms with E-state index in [1.165, 1.54) is 25.3 Å². The smallest absolute Gasteiger partial charge is 0.261 e. The minimum Gasteiger partial charge on any atom is -0.495 e. The van der Waals surface area contributed by atoms with Crippen LogP contribution in [0.4, 0.5) is 11.4 Å². The van der Waals surface area contributed by atoms with E-state index in [0.29, 0.717) is 27.7 Å². The van der Waals surface area contributed by atoms with Gasteiger partial charge in [-0.1, -0.05) is 48.0 Å². The largest absolute Gasteiger partial charge is 0.495 e. The van der Waals surface area contributed by atoms with Gasteiger partial charge in [-0.3, -0.25) is 9.52 Å². The van der Waals surface area contributed by atoms with Gasteiger partial charge in [-0.15, -0.1) is 0 Å². The van der Waals surface area contributed by atoms with Crippen LogP contribution in [0.25, 0.3) is 6.08 Å². The second-order valence-electron chi connectivity index (χ2n) is 6.18. The first-order chi connectivity index (χ1) is 14.4. The van der Waals surface area contributed by atoms with Gasteiger partial charge >= 0.3 is 0 Å². The molecule has 0 bridgehead atoms. The highest BCUT2D eigenvalue weighted by molar-refractivity contribution is 7.92. The molecule has 6 nitrogen and oxygen atoms in total. The third-order valence-electron chi connectivity index (χ3n) is 4.10. The molecule has 1 amide bonds. The maximum atomic E-state index is 12.5. The Hall–Kier alpha value is -3.29. The Bertz CT molecular complexity index is 1180. The normalized spacial score (nSPS) is 11.3. The monoisotopic (exact) mass is 442 g/mol. The number of amides is 1. The highest BCUT2D eigenvalue weighted by Crippen LogP contribution is 2.25. The molecule has 0 spiro atoms. The van der Waals surface area contributed by atoms with Gasteiger partial charge in [0.25, 0.3) is 10.0 Å². The third kappa shape index (κ3) is 5.40. The summed E-state index contributed by atoms with van der Waals surface area (Å²) in [4.78, 5) is 12.2.